The smallest absolute Gasteiger partial charge is 0.306 e. The summed E-state index contributed by atoms with van der Waals surface area (Å²) in [5.74, 6) is 4.89. The Morgan fingerprint density at radius 3 is 1.70 bits per heavy atom. The highest BCUT2D eigenvalue weighted by atomic mass is 16.6. The van der Waals surface area contributed by atoms with Gasteiger partial charge in [-0.05, 0) is 99.2 Å². The monoisotopic (exact) mass is 510 g/mol. The first-order chi connectivity index (χ1) is 17.5. The number of carbonyl (C=O) groups is 1. The van der Waals surface area contributed by atoms with Gasteiger partial charge in [0.05, 0.1) is 12.0 Å². The van der Waals surface area contributed by atoms with E-state index < -0.39 is 0 Å². The molecule has 3 nitrogen and oxygen atoms in total. The normalized spacial score (nSPS) is 49.4. The summed E-state index contributed by atoms with van der Waals surface area (Å²) in [7, 11) is 0. The largest absolute Gasteiger partial charge is 0.459 e. The van der Waals surface area contributed by atoms with Crippen molar-refractivity contribution in [1.29, 1.82) is 0 Å². The predicted octanol–water partition coefficient (Wildman–Crippen LogP) is 8.06. The second-order valence-electron chi connectivity index (χ2n) is 14.1. The van der Waals surface area contributed by atoms with Crippen LogP contribution in [0.5, 0.6) is 0 Å². The molecule has 0 aromatic carbocycles. The summed E-state index contributed by atoms with van der Waals surface area (Å²) in [4.78, 5) is 11.7. The van der Waals surface area contributed by atoms with E-state index in [1.54, 1.807) is 0 Å². The molecule has 4 aliphatic carbocycles. The molecule has 2 aliphatic heterocycles. The van der Waals surface area contributed by atoms with E-state index in [-0.39, 0.29) is 17.2 Å². The van der Waals surface area contributed by atoms with Crippen molar-refractivity contribution >= 4 is 5.97 Å². The number of hydrogen-bond donors (Lipinski definition) is 0. The maximum atomic E-state index is 11.7. The minimum absolute atomic E-state index is 0.0394. The Bertz CT molecular complexity index is 838. The van der Waals surface area contributed by atoms with Gasteiger partial charge in [0.1, 0.15) is 5.60 Å². The fourth-order valence-corrected chi connectivity index (χ4v) is 10.7. The zero-order valence-corrected chi connectivity index (χ0v) is 24.7. The topological polar surface area (TPSA) is 35.5 Å². The molecule has 6 aliphatic rings. The van der Waals surface area contributed by atoms with Gasteiger partial charge in [-0.1, -0.05) is 53.4 Å². The zero-order chi connectivity index (χ0) is 27.6. The Balaban J connectivity index is 0.000000182. The molecule has 0 amide bonds. The van der Waals surface area contributed by atoms with E-state index in [4.69, 9.17) is 9.47 Å². The molecule has 0 N–H and O–H groups in total. The van der Waals surface area contributed by atoms with Crippen molar-refractivity contribution < 1.29 is 14.3 Å². The maximum absolute atomic E-state index is 11.7. The van der Waals surface area contributed by atoms with E-state index in [0.717, 1.165) is 42.6 Å². The molecule has 10 atom stereocenters. The van der Waals surface area contributed by atoms with Crippen molar-refractivity contribution in [2.45, 2.75) is 130 Å². The lowest BCUT2D eigenvalue weighted by atomic mass is 9.49. The summed E-state index contributed by atoms with van der Waals surface area (Å²) in [6, 6.07) is 0. The summed E-state index contributed by atoms with van der Waals surface area (Å²) in [5.41, 5.74) is 1.000. The Morgan fingerprint density at radius 2 is 1.16 bits per heavy atom. The van der Waals surface area contributed by atoms with Crippen molar-refractivity contribution in [1.82, 2.24) is 0 Å². The van der Waals surface area contributed by atoms with Gasteiger partial charge < -0.3 is 9.47 Å². The highest BCUT2D eigenvalue weighted by Crippen LogP contribution is 2.63. The van der Waals surface area contributed by atoms with E-state index >= 15 is 0 Å². The first-order valence-electron chi connectivity index (χ1n) is 15.0. The molecule has 2 heterocycles. The zero-order valence-electron chi connectivity index (χ0n) is 24.7. The van der Waals surface area contributed by atoms with E-state index in [1.165, 1.54) is 64.2 Å². The van der Waals surface area contributed by atoms with Gasteiger partial charge in [0.2, 0.25) is 0 Å². The SMILES string of the molecule is C#C.C#C.C[C@H]1CCC[C@@]2(C)C1CC[C@@]1(C)OC(=O)C[C@@H]12.C[C@H]1CCC[C@@]2(C)C1CC[C@@]1(C)OCC[C@@H]12. The molecule has 0 bridgehead atoms. The van der Waals surface area contributed by atoms with Crippen molar-refractivity contribution in [2.24, 2.45) is 46.3 Å². The van der Waals surface area contributed by atoms with Crippen molar-refractivity contribution in [3.05, 3.63) is 0 Å². The lowest BCUT2D eigenvalue weighted by molar-refractivity contribution is -0.159. The van der Waals surface area contributed by atoms with Crippen LogP contribution in [-0.4, -0.2) is 23.8 Å². The van der Waals surface area contributed by atoms with E-state index in [0.29, 0.717) is 23.2 Å². The third-order valence-corrected chi connectivity index (χ3v) is 12.3. The minimum atomic E-state index is -0.153. The number of ether oxygens (including phenoxy) is 2. The van der Waals surface area contributed by atoms with Gasteiger partial charge in [0, 0.05) is 12.5 Å². The van der Waals surface area contributed by atoms with Crippen LogP contribution in [0.3, 0.4) is 0 Å². The molecular formula is C34H54O3. The van der Waals surface area contributed by atoms with Gasteiger partial charge in [-0.3, -0.25) is 4.79 Å². The highest BCUT2D eigenvalue weighted by molar-refractivity contribution is 5.73. The summed E-state index contributed by atoms with van der Waals surface area (Å²) in [6.07, 6.45) is 31.4. The van der Waals surface area contributed by atoms with Crippen LogP contribution in [0.2, 0.25) is 0 Å². The number of hydrogen-bond acceptors (Lipinski definition) is 3. The van der Waals surface area contributed by atoms with Gasteiger partial charge in [0.15, 0.2) is 0 Å². The van der Waals surface area contributed by atoms with E-state index in [2.05, 4.69) is 67.2 Å². The molecular weight excluding hydrogens is 456 g/mol. The molecule has 3 heteroatoms. The van der Waals surface area contributed by atoms with Gasteiger partial charge in [-0.2, -0.15) is 0 Å². The van der Waals surface area contributed by atoms with Crippen LogP contribution in [0, 0.1) is 72.0 Å². The number of rotatable bonds is 0. The molecule has 0 aromatic rings. The average Bonchev–Trinajstić information content (AvgIpc) is 3.42. The standard InChI is InChI=1S/C15H24O2.C15H26O.2C2H2/c1-10-5-4-7-14(2)11(10)6-8-15(3)12(14)9-13(16)17-15;1-11-5-4-8-14(2)12(11)6-9-15(3)13(14)7-10-16-15;2*1-2/h10-12H,4-9H2,1-3H3;11-13H,4-10H2,1-3H3;2*1-2H/t10-,11?,12+,14-,15+;11-,12?,13+,14-,15+;;/m00../s1. The predicted molar refractivity (Wildman–Crippen MR) is 153 cm³/mol. The van der Waals surface area contributed by atoms with Crippen LogP contribution in [0.1, 0.15) is 119 Å². The van der Waals surface area contributed by atoms with Crippen molar-refractivity contribution in [3.63, 3.8) is 0 Å². The van der Waals surface area contributed by atoms with Crippen LogP contribution >= 0.6 is 0 Å². The summed E-state index contributed by atoms with van der Waals surface area (Å²) in [6.45, 7) is 15.5. The van der Waals surface area contributed by atoms with Crippen LogP contribution in [0.4, 0.5) is 0 Å². The van der Waals surface area contributed by atoms with Gasteiger partial charge >= 0.3 is 5.97 Å². The first kappa shape index (κ1) is 30.1. The number of terminal acetylenes is 2. The molecule has 0 radical (unpaired) electrons. The van der Waals surface area contributed by atoms with Gasteiger partial charge in [0.25, 0.3) is 0 Å². The maximum Gasteiger partial charge on any atom is 0.306 e. The average molecular weight is 511 g/mol. The quantitative estimate of drug-likeness (QED) is 0.244. The summed E-state index contributed by atoms with van der Waals surface area (Å²) >= 11 is 0. The number of fused-ring (bicyclic) bond motifs is 6. The molecule has 4 saturated carbocycles. The van der Waals surface area contributed by atoms with Gasteiger partial charge in [-0.15, -0.1) is 25.7 Å². The second-order valence-corrected chi connectivity index (χ2v) is 14.1. The van der Waals surface area contributed by atoms with E-state index in [1.807, 2.05) is 0 Å². The van der Waals surface area contributed by atoms with Crippen LogP contribution in [0.15, 0.2) is 0 Å². The van der Waals surface area contributed by atoms with Crippen LogP contribution < -0.4 is 0 Å². The summed E-state index contributed by atoms with van der Waals surface area (Å²) in [5, 5.41) is 0. The fourth-order valence-electron chi connectivity index (χ4n) is 10.7. The molecule has 0 spiro atoms. The first-order valence-corrected chi connectivity index (χ1v) is 15.0. The van der Waals surface area contributed by atoms with Crippen molar-refractivity contribution in [3.8, 4) is 25.7 Å². The third kappa shape index (κ3) is 5.12. The fraction of sp³-hybridized carbons (Fsp3) is 0.853. The van der Waals surface area contributed by atoms with Crippen LogP contribution in [0.25, 0.3) is 0 Å². The molecule has 208 valence electrons. The second kappa shape index (κ2) is 11.3. The Hall–Kier alpha value is -1.45. The highest BCUT2D eigenvalue weighted by Gasteiger charge is 2.61. The molecule has 37 heavy (non-hydrogen) atoms. The Labute approximate surface area is 228 Å². The number of esters is 1. The number of carbonyl (C=O) groups excluding carboxylic acids is 1. The molecule has 2 saturated heterocycles. The lowest BCUT2D eigenvalue weighted by Crippen LogP contribution is -2.53. The third-order valence-electron chi connectivity index (χ3n) is 12.3. The van der Waals surface area contributed by atoms with Crippen molar-refractivity contribution in [2.75, 3.05) is 6.61 Å². The molecule has 6 fully saturated rings. The van der Waals surface area contributed by atoms with Gasteiger partial charge in [-0.25, -0.2) is 0 Å². The summed E-state index contributed by atoms with van der Waals surface area (Å²) < 4.78 is 11.8. The van der Waals surface area contributed by atoms with Crippen LogP contribution in [-0.2, 0) is 14.3 Å². The Kier molecular flexibility index (Phi) is 9.23. The molecule has 0 aromatic heterocycles. The lowest BCUT2D eigenvalue weighted by Gasteiger charge is -2.57. The minimum Gasteiger partial charge on any atom is -0.459 e. The molecule has 2 unspecified atom stereocenters. The Morgan fingerprint density at radius 1 is 0.676 bits per heavy atom. The van der Waals surface area contributed by atoms with E-state index in [9.17, 15) is 4.79 Å². The molecule has 6 rings (SSSR count).